The van der Waals surface area contributed by atoms with Crippen LogP contribution in [0.2, 0.25) is 0 Å². The molecule has 0 saturated carbocycles. The summed E-state index contributed by atoms with van der Waals surface area (Å²) in [6.07, 6.45) is -5.80. The summed E-state index contributed by atoms with van der Waals surface area (Å²) in [5.41, 5.74) is 4.17. The number of nitro groups is 1. The third kappa shape index (κ3) is 2.52. The normalized spacial score (nSPS) is 14.7. The minimum Gasteiger partial charge on any atom is -0.319 e. The van der Waals surface area contributed by atoms with E-state index in [4.69, 9.17) is 5.73 Å². The van der Waals surface area contributed by atoms with Crippen molar-refractivity contribution in [2.45, 2.75) is 18.1 Å². The highest BCUT2D eigenvalue weighted by Crippen LogP contribution is 2.44. The fraction of sp³-hybridized carbons (Fsp3) is 0.429. The largest absolute Gasteiger partial charge is 0.455 e. The first kappa shape index (κ1) is 13.8. The Balaban J connectivity index is 3.04. The van der Waals surface area contributed by atoms with Gasteiger partial charge in [-0.05, 0) is 5.56 Å². The Labute approximate surface area is 95.0 Å². The van der Waals surface area contributed by atoms with Gasteiger partial charge < -0.3 is 5.73 Å². The van der Waals surface area contributed by atoms with Gasteiger partial charge in [-0.2, -0.15) is 22.0 Å². The van der Waals surface area contributed by atoms with E-state index in [0.717, 1.165) is 5.38 Å². The molecule has 0 aliphatic carbocycles. The highest BCUT2D eigenvalue weighted by atomic mass is 32.1. The number of rotatable bonds is 3. The minimum absolute atomic E-state index is 0.433. The first-order valence-electron chi connectivity index (χ1n) is 4.00. The van der Waals surface area contributed by atoms with Crippen LogP contribution in [0.4, 0.5) is 27.0 Å². The SMILES string of the molecule is N[C@@H](c1csc([N+](=O)[O-])c1)C(F)(F)C(F)(F)F. The number of halogens is 5. The van der Waals surface area contributed by atoms with Crippen LogP contribution < -0.4 is 5.73 Å². The van der Waals surface area contributed by atoms with Crippen LogP contribution in [0.1, 0.15) is 11.6 Å². The third-order valence-corrected chi connectivity index (χ3v) is 2.81. The second kappa shape index (κ2) is 4.18. The van der Waals surface area contributed by atoms with Crippen molar-refractivity contribution in [2.24, 2.45) is 5.73 Å². The molecule has 0 amide bonds. The molecule has 0 aliphatic heterocycles. The number of thiophene rings is 1. The molecule has 4 nitrogen and oxygen atoms in total. The third-order valence-electron chi connectivity index (χ3n) is 1.91. The molecule has 96 valence electrons. The zero-order chi connectivity index (χ0) is 13.4. The van der Waals surface area contributed by atoms with Gasteiger partial charge in [0.15, 0.2) is 0 Å². The molecule has 0 unspecified atom stereocenters. The highest BCUT2D eigenvalue weighted by Gasteiger charge is 2.61. The quantitative estimate of drug-likeness (QED) is 0.524. The second-order valence-corrected chi connectivity index (χ2v) is 3.96. The van der Waals surface area contributed by atoms with E-state index in [1.165, 1.54) is 0 Å². The van der Waals surface area contributed by atoms with Gasteiger partial charge in [0, 0.05) is 11.4 Å². The molecule has 0 aromatic carbocycles. The maximum Gasteiger partial charge on any atom is 0.455 e. The summed E-state index contributed by atoms with van der Waals surface area (Å²) in [7, 11) is 0. The summed E-state index contributed by atoms with van der Waals surface area (Å²) in [5.74, 6) is -5.14. The average Bonchev–Trinajstić information content (AvgIpc) is 2.63. The molecule has 0 spiro atoms. The lowest BCUT2D eigenvalue weighted by Gasteiger charge is -2.24. The molecule has 1 aromatic rings. The number of alkyl halides is 5. The van der Waals surface area contributed by atoms with Crippen LogP contribution in [-0.4, -0.2) is 17.0 Å². The van der Waals surface area contributed by atoms with E-state index in [1.807, 2.05) is 0 Å². The second-order valence-electron chi connectivity index (χ2n) is 3.07. The molecule has 1 heterocycles. The number of hydrogen-bond donors (Lipinski definition) is 1. The monoisotopic (exact) mass is 276 g/mol. The van der Waals surface area contributed by atoms with Crippen LogP contribution in [0.3, 0.4) is 0 Å². The standard InChI is InChI=1S/C7H5F5N2O2S/c8-6(9,7(10,11)12)5(13)3-1-4(14(15)16)17-2-3/h1-2,5H,13H2/t5-/m0/s1. The van der Waals surface area contributed by atoms with Gasteiger partial charge >= 0.3 is 17.1 Å². The topological polar surface area (TPSA) is 69.2 Å². The lowest BCUT2D eigenvalue weighted by molar-refractivity contribution is -0.380. The Kier molecular flexibility index (Phi) is 3.39. The average molecular weight is 276 g/mol. The lowest BCUT2D eigenvalue weighted by Crippen LogP contribution is -2.45. The fourth-order valence-electron chi connectivity index (χ4n) is 0.983. The van der Waals surface area contributed by atoms with Crippen molar-refractivity contribution in [3.05, 3.63) is 27.1 Å². The van der Waals surface area contributed by atoms with Gasteiger partial charge in [-0.3, -0.25) is 10.1 Å². The predicted molar refractivity (Wildman–Crippen MR) is 48.9 cm³/mol. The van der Waals surface area contributed by atoms with Crippen molar-refractivity contribution >= 4 is 16.3 Å². The van der Waals surface area contributed by atoms with Gasteiger partial charge in [0.25, 0.3) is 0 Å². The Morgan fingerprint density at radius 2 is 1.88 bits per heavy atom. The van der Waals surface area contributed by atoms with Crippen LogP contribution >= 0.6 is 11.3 Å². The zero-order valence-electron chi connectivity index (χ0n) is 7.87. The molecule has 17 heavy (non-hydrogen) atoms. The molecule has 0 bridgehead atoms. The zero-order valence-corrected chi connectivity index (χ0v) is 8.69. The van der Waals surface area contributed by atoms with E-state index < -0.39 is 33.6 Å². The van der Waals surface area contributed by atoms with Crippen molar-refractivity contribution in [1.29, 1.82) is 0 Å². The van der Waals surface area contributed by atoms with E-state index in [-0.39, 0.29) is 0 Å². The van der Waals surface area contributed by atoms with E-state index >= 15 is 0 Å². The van der Waals surface area contributed by atoms with Crippen LogP contribution in [0.5, 0.6) is 0 Å². The molecular weight excluding hydrogens is 271 g/mol. The first-order valence-corrected chi connectivity index (χ1v) is 4.88. The minimum atomic E-state index is -5.80. The molecular formula is C7H5F5N2O2S. The van der Waals surface area contributed by atoms with Crippen LogP contribution in [0.15, 0.2) is 11.4 Å². The van der Waals surface area contributed by atoms with Gasteiger partial charge in [-0.15, -0.1) is 0 Å². The van der Waals surface area contributed by atoms with Crippen molar-refractivity contribution in [3.8, 4) is 0 Å². The van der Waals surface area contributed by atoms with Gasteiger partial charge in [0.2, 0.25) is 0 Å². The summed E-state index contributed by atoms with van der Waals surface area (Å²) in [4.78, 5) is 9.35. The first-order chi connectivity index (χ1) is 7.57. The summed E-state index contributed by atoms with van der Waals surface area (Å²) >= 11 is 0.433. The fourth-order valence-corrected chi connectivity index (χ4v) is 1.75. The van der Waals surface area contributed by atoms with Crippen LogP contribution in [0, 0.1) is 10.1 Å². The van der Waals surface area contributed by atoms with Gasteiger partial charge in [-0.1, -0.05) is 11.3 Å². The van der Waals surface area contributed by atoms with E-state index in [0.29, 0.717) is 17.4 Å². The van der Waals surface area contributed by atoms with Gasteiger partial charge in [-0.25, -0.2) is 0 Å². The van der Waals surface area contributed by atoms with Crippen molar-refractivity contribution in [2.75, 3.05) is 0 Å². The molecule has 0 radical (unpaired) electrons. The van der Waals surface area contributed by atoms with Gasteiger partial charge in [0.05, 0.1) is 4.92 Å². The van der Waals surface area contributed by atoms with Crippen molar-refractivity contribution in [1.82, 2.24) is 0 Å². The molecule has 0 fully saturated rings. The molecule has 0 aliphatic rings. The number of nitrogens with two attached hydrogens (primary N) is 1. The Morgan fingerprint density at radius 3 is 2.24 bits per heavy atom. The highest BCUT2D eigenvalue weighted by molar-refractivity contribution is 7.13. The maximum atomic E-state index is 12.8. The van der Waals surface area contributed by atoms with Crippen LogP contribution in [-0.2, 0) is 0 Å². The number of nitrogens with zero attached hydrogens (tertiary/aromatic N) is 1. The van der Waals surface area contributed by atoms with E-state index in [1.54, 1.807) is 0 Å². The van der Waals surface area contributed by atoms with Crippen molar-refractivity contribution < 1.29 is 26.9 Å². The Morgan fingerprint density at radius 1 is 1.35 bits per heavy atom. The van der Waals surface area contributed by atoms with Gasteiger partial charge in [0.1, 0.15) is 6.04 Å². The number of hydrogen-bond acceptors (Lipinski definition) is 4. The predicted octanol–water partition coefficient (Wildman–Crippen LogP) is 2.85. The van der Waals surface area contributed by atoms with Crippen LogP contribution in [0.25, 0.3) is 0 Å². The molecule has 1 atom stereocenters. The summed E-state index contributed by atoms with van der Waals surface area (Å²) in [6.45, 7) is 0. The van der Waals surface area contributed by atoms with Crippen molar-refractivity contribution in [3.63, 3.8) is 0 Å². The molecule has 2 N–H and O–H groups in total. The molecule has 10 heteroatoms. The molecule has 0 saturated heterocycles. The summed E-state index contributed by atoms with van der Waals surface area (Å²) < 4.78 is 61.5. The van der Waals surface area contributed by atoms with E-state index in [2.05, 4.69) is 0 Å². The Hall–Kier alpha value is -1.29. The lowest BCUT2D eigenvalue weighted by atomic mass is 10.0. The molecule has 1 aromatic heterocycles. The maximum absolute atomic E-state index is 12.8. The molecule has 1 rings (SSSR count). The summed E-state index contributed by atoms with van der Waals surface area (Å²) in [6, 6.07) is -2.05. The van der Waals surface area contributed by atoms with E-state index in [9.17, 15) is 32.1 Å². The smallest absolute Gasteiger partial charge is 0.319 e. The Bertz CT molecular complexity index is 430. The summed E-state index contributed by atoms with van der Waals surface area (Å²) in [5, 5.41) is 10.5.